The average Bonchev–Trinajstić information content (AvgIpc) is 3.01. The van der Waals surface area contributed by atoms with Gasteiger partial charge in [-0.1, -0.05) is 0 Å². The fraction of sp³-hybridized carbons (Fsp3) is 0.643. The summed E-state index contributed by atoms with van der Waals surface area (Å²) in [6.45, 7) is 5.09. The molecule has 0 radical (unpaired) electrons. The lowest BCUT2D eigenvalue weighted by Gasteiger charge is -2.21. The third-order valence-corrected chi connectivity index (χ3v) is 3.62. The van der Waals surface area contributed by atoms with Gasteiger partial charge in [-0.3, -0.25) is 4.57 Å². The predicted molar refractivity (Wildman–Crippen MR) is 80.6 cm³/mol. The number of rotatable bonds is 3. The van der Waals surface area contributed by atoms with Crippen molar-refractivity contribution in [3.8, 4) is 0 Å². The number of aromatic nitrogens is 4. The number of aliphatic hydroxyl groups excluding tert-OH is 2. The largest absolute Gasteiger partial charge is 0.387 e. The quantitative estimate of drug-likeness (QED) is 0.760. The average molecular weight is 325 g/mol. The maximum atomic E-state index is 12.8. The fourth-order valence-corrected chi connectivity index (χ4v) is 2.57. The van der Waals surface area contributed by atoms with Gasteiger partial charge in [-0.15, -0.1) is 0 Å². The van der Waals surface area contributed by atoms with Gasteiger partial charge in [0, 0.05) is 5.54 Å². The Morgan fingerprint density at radius 2 is 2.00 bits per heavy atom. The van der Waals surface area contributed by atoms with E-state index in [2.05, 4.69) is 20.3 Å². The highest BCUT2D eigenvalue weighted by Gasteiger charge is 2.44. The standard InChI is InChI=1S/C14H20FN5O3/c1-14(2,3)19-11-8-12(17-5-16-11)20(6-18-8)13-10(22)9(21)7(4-15)23-13/h5-7,9-10,13,21-22H,4H2,1-3H3,(H,16,17,19)/t7-,9?,10?,13-/m1/s1. The third kappa shape index (κ3) is 2.87. The van der Waals surface area contributed by atoms with Crippen LogP contribution in [0.4, 0.5) is 10.2 Å². The molecule has 0 aliphatic carbocycles. The van der Waals surface area contributed by atoms with Crippen molar-refractivity contribution in [1.82, 2.24) is 19.5 Å². The lowest BCUT2D eigenvalue weighted by atomic mass is 10.1. The molecule has 1 saturated heterocycles. The second kappa shape index (κ2) is 5.66. The molecule has 2 aromatic rings. The molecule has 3 heterocycles. The third-order valence-electron chi connectivity index (χ3n) is 3.62. The van der Waals surface area contributed by atoms with Crippen molar-refractivity contribution in [3.63, 3.8) is 0 Å². The van der Waals surface area contributed by atoms with Crippen molar-refractivity contribution in [1.29, 1.82) is 0 Å². The Kier molecular flexibility index (Phi) is 3.95. The molecule has 0 amide bonds. The number of hydrogen-bond acceptors (Lipinski definition) is 7. The van der Waals surface area contributed by atoms with Gasteiger partial charge in [0.2, 0.25) is 0 Å². The van der Waals surface area contributed by atoms with E-state index in [0.29, 0.717) is 17.0 Å². The van der Waals surface area contributed by atoms with Gasteiger partial charge in [-0.2, -0.15) is 0 Å². The Morgan fingerprint density at radius 1 is 1.26 bits per heavy atom. The van der Waals surface area contributed by atoms with Crippen LogP contribution in [0.5, 0.6) is 0 Å². The Bertz CT molecular complexity index is 701. The minimum Gasteiger partial charge on any atom is -0.387 e. The minimum atomic E-state index is -1.29. The fourth-order valence-electron chi connectivity index (χ4n) is 2.57. The second-order valence-electron chi connectivity index (χ2n) is 6.62. The lowest BCUT2D eigenvalue weighted by molar-refractivity contribution is -0.0409. The molecular weight excluding hydrogens is 305 g/mol. The summed E-state index contributed by atoms with van der Waals surface area (Å²) in [5, 5.41) is 23.1. The maximum Gasteiger partial charge on any atom is 0.167 e. The SMILES string of the molecule is CC(C)(C)Nc1ncnc2c1ncn2[C@@H]1O[C@H](CF)C(O)C1O. The van der Waals surface area contributed by atoms with Gasteiger partial charge >= 0.3 is 0 Å². The number of aliphatic hydroxyl groups is 2. The number of anilines is 1. The first-order valence-electron chi connectivity index (χ1n) is 7.35. The van der Waals surface area contributed by atoms with Gasteiger partial charge in [0.05, 0.1) is 6.33 Å². The normalized spacial score (nSPS) is 28.4. The van der Waals surface area contributed by atoms with Crippen LogP contribution in [0.3, 0.4) is 0 Å². The number of hydrogen-bond donors (Lipinski definition) is 3. The molecule has 1 fully saturated rings. The first-order valence-corrected chi connectivity index (χ1v) is 7.35. The number of nitrogens with one attached hydrogen (secondary N) is 1. The number of nitrogens with zero attached hydrogens (tertiary/aromatic N) is 4. The molecule has 4 atom stereocenters. The molecule has 0 aromatic carbocycles. The minimum absolute atomic E-state index is 0.218. The second-order valence-corrected chi connectivity index (χ2v) is 6.62. The molecule has 3 N–H and O–H groups in total. The number of fused-ring (bicyclic) bond motifs is 1. The van der Waals surface area contributed by atoms with Crippen molar-refractivity contribution in [2.24, 2.45) is 0 Å². The highest BCUT2D eigenvalue weighted by atomic mass is 19.1. The van der Waals surface area contributed by atoms with Crippen LogP contribution in [0.15, 0.2) is 12.7 Å². The number of alkyl halides is 1. The van der Waals surface area contributed by atoms with Crippen molar-refractivity contribution in [3.05, 3.63) is 12.7 Å². The zero-order valence-electron chi connectivity index (χ0n) is 13.1. The van der Waals surface area contributed by atoms with Crippen molar-refractivity contribution in [2.45, 2.75) is 50.8 Å². The van der Waals surface area contributed by atoms with E-state index in [1.165, 1.54) is 17.2 Å². The molecule has 2 aromatic heterocycles. The molecule has 8 nitrogen and oxygen atoms in total. The summed E-state index contributed by atoms with van der Waals surface area (Å²) in [5.41, 5.74) is 0.725. The molecule has 1 aliphatic rings. The number of halogens is 1. The Morgan fingerprint density at radius 3 is 2.61 bits per heavy atom. The van der Waals surface area contributed by atoms with Gasteiger partial charge in [0.15, 0.2) is 23.2 Å². The Balaban J connectivity index is 1.99. The van der Waals surface area contributed by atoms with Crippen LogP contribution in [0.1, 0.15) is 27.0 Å². The van der Waals surface area contributed by atoms with Crippen molar-refractivity contribution in [2.75, 3.05) is 12.0 Å². The van der Waals surface area contributed by atoms with E-state index in [0.717, 1.165) is 0 Å². The zero-order valence-corrected chi connectivity index (χ0v) is 13.1. The van der Waals surface area contributed by atoms with Crippen LogP contribution in [-0.2, 0) is 4.74 Å². The summed E-state index contributed by atoms with van der Waals surface area (Å²) >= 11 is 0. The highest BCUT2D eigenvalue weighted by molar-refractivity contribution is 5.83. The van der Waals surface area contributed by atoms with Crippen molar-refractivity contribution < 1.29 is 19.3 Å². The summed E-state index contributed by atoms with van der Waals surface area (Å²) < 4.78 is 19.7. The maximum absolute atomic E-state index is 12.8. The van der Waals surface area contributed by atoms with E-state index >= 15 is 0 Å². The summed E-state index contributed by atoms with van der Waals surface area (Å²) in [7, 11) is 0. The van der Waals surface area contributed by atoms with E-state index in [9.17, 15) is 14.6 Å². The predicted octanol–water partition coefficient (Wildman–Crippen LogP) is 0.625. The molecular formula is C14H20FN5O3. The smallest absolute Gasteiger partial charge is 0.167 e. The molecule has 2 unspecified atom stereocenters. The van der Waals surface area contributed by atoms with Crippen LogP contribution in [0, 0.1) is 0 Å². The van der Waals surface area contributed by atoms with Gasteiger partial charge in [0.1, 0.15) is 31.3 Å². The van der Waals surface area contributed by atoms with Crippen molar-refractivity contribution >= 4 is 17.0 Å². The summed E-state index contributed by atoms with van der Waals surface area (Å²) in [6.07, 6.45) is -1.76. The van der Waals surface area contributed by atoms with E-state index in [1.54, 1.807) is 0 Å². The van der Waals surface area contributed by atoms with Crippen LogP contribution in [0.25, 0.3) is 11.2 Å². The van der Waals surface area contributed by atoms with E-state index in [1.807, 2.05) is 20.8 Å². The molecule has 23 heavy (non-hydrogen) atoms. The van der Waals surface area contributed by atoms with Gasteiger partial charge in [0.25, 0.3) is 0 Å². The molecule has 0 bridgehead atoms. The summed E-state index contributed by atoms with van der Waals surface area (Å²) in [4.78, 5) is 12.6. The van der Waals surface area contributed by atoms with Crippen LogP contribution < -0.4 is 5.32 Å². The number of imidazole rings is 1. The lowest BCUT2D eigenvalue weighted by Crippen LogP contribution is -2.32. The first kappa shape index (κ1) is 16.0. The topological polar surface area (TPSA) is 105 Å². The highest BCUT2D eigenvalue weighted by Crippen LogP contribution is 2.32. The summed E-state index contributed by atoms with van der Waals surface area (Å²) in [6, 6.07) is 0. The van der Waals surface area contributed by atoms with Gasteiger partial charge in [-0.05, 0) is 20.8 Å². The van der Waals surface area contributed by atoms with Crippen LogP contribution in [0.2, 0.25) is 0 Å². The van der Waals surface area contributed by atoms with Crippen LogP contribution in [-0.4, -0.2) is 60.3 Å². The van der Waals surface area contributed by atoms with Crippen LogP contribution >= 0.6 is 0 Å². The molecule has 0 spiro atoms. The monoisotopic (exact) mass is 325 g/mol. The van der Waals surface area contributed by atoms with E-state index in [4.69, 9.17) is 4.74 Å². The number of ether oxygens (including phenoxy) is 1. The molecule has 126 valence electrons. The van der Waals surface area contributed by atoms with Gasteiger partial charge < -0.3 is 20.3 Å². The zero-order chi connectivity index (χ0) is 16.8. The molecule has 9 heteroatoms. The summed E-state index contributed by atoms with van der Waals surface area (Å²) in [5.74, 6) is 0.552. The Labute approximate surface area is 132 Å². The molecule has 1 aliphatic heterocycles. The van der Waals surface area contributed by atoms with Gasteiger partial charge in [-0.25, -0.2) is 19.3 Å². The van der Waals surface area contributed by atoms with E-state index < -0.39 is 31.2 Å². The first-order chi connectivity index (χ1) is 10.8. The van der Waals surface area contributed by atoms with E-state index in [-0.39, 0.29) is 5.54 Å². The Hall–Kier alpha value is -1.84. The molecule has 0 saturated carbocycles. The molecule has 3 rings (SSSR count).